The molecule has 0 amide bonds. The summed E-state index contributed by atoms with van der Waals surface area (Å²) in [4.78, 5) is 29.6. The summed E-state index contributed by atoms with van der Waals surface area (Å²) in [5.41, 5.74) is 3.57. The highest BCUT2D eigenvalue weighted by Crippen LogP contribution is 2.51. The van der Waals surface area contributed by atoms with Crippen molar-refractivity contribution in [1.29, 1.82) is 0 Å². The van der Waals surface area contributed by atoms with Gasteiger partial charge in [-0.15, -0.1) is 0 Å². The van der Waals surface area contributed by atoms with E-state index in [0.29, 0.717) is 23.0 Å². The zero-order chi connectivity index (χ0) is 45.3. The van der Waals surface area contributed by atoms with Crippen molar-refractivity contribution in [2.75, 3.05) is 0 Å². The van der Waals surface area contributed by atoms with Crippen molar-refractivity contribution in [2.45, 2.75) is 98.3 Å². The molecule has 0 fully saturated rings. The first-order valence-corrected chi connectivity index (χ1v) is 23.4. The molecule has 7 rings (SSSR count). The lowest BCUT2D eigenvalue weighted by Crippen LogP contribution is -2.23. The second kappa shape index (κ2) is 18.2. The third-order valence-electron chi connectivity index (χ3n) is 10.7. The quantitative estimate of drug-likeness (QED) is 0.106. The van der Waals surface area contributed by atoms with Crippen LogP contribution in [0.2, 0.25) is 0 Å². The zero-order valence-corrected chi connectivity index (χ0v) is 39.7. The molecule has 0 heterocycles. The number of hydrogen-bond acceptors (Lipinski definition) is 8. The van der Waals surface area contributed by atoms with E-state index in [1.165, 1.54) is 0 Å². The van der Waals surface area contributed by atoms with Gasteiger partial charge in [-0.25, -0.2) is 0 Å². The maximum absolute atomic E-state index is 15.1. The minimum Gasteiger partial charge on any atom is -0.408 e. The van der Waals surface area contributed by atoms with Crippen LogP contribution < -0.4 is 27.1 Å². The van der Waals surface area contributed by atoms with Gasteiger partial charge in [0.25, 0.3) is 0 Å². The van der Waals surface area contributed by atoms with Crippen LogP contribution in [0.3, 0.4) is 0 Å². The van der Waals surface area contributed by atoms with E-state index in [9.17, 15) is 4.79 Å². The summed E-state index contributed by atoms with van der Waals surface area (Å²) < 4.78 is 40.1. The summed E-state index contributed by atoms with van der Waals surface area (Å²) in [5, 5.41) is 0. The molecular weight excluding hydrogens is 827 g/mol. The third kappa shape index (κ3) is 10.1. The Balaban J connectivity index is 1.30. The first-order chi connectivity index (χ1) is 29.8. The molecule has 0 aromatic heterocycles. The van der Waals surface area contributed by atoms with Gasteiger partial charge in [0.05, 0.1) is 11.1 Å². The largest absolute Gasteiger partial charge is 0.530 e. The number of para-hydroxylation sites is 4. The molecule has 0 saturated heterocycles. The van der Waals surface area contributed by atoms with Crippen LogP contribution in [0, 0.1) is 0 Å². The van der Waals surface area contributed by atoms with Crippen LogP contribution in [0.4, 0.5) is 0 Å². The monoisotopic (exact) mass is 882 g/mol. The molecule has 6 aromatic carbocycles. The molecule has 1 atom stereocenters. The number of ketones is 2. The Labute approximate surface area is 374 Å². The van der Waals surface area contributed by atoms with E-state index in [1.807, 2.05) is 97.1 Å². The third-order valence-corrected chi connectivity index (χ3v) is 12.7. The van der Waals surface area contributed by atoms with Gasteiger partial charge in [-0.05, 0) is 64.1 Å². The molecule has 1 unspecified atom stereocenters. The summed E-state index contributed by atoms with van der Waals surface area (Å²) in [6.45, 7) is 23.2. The van der Waals surface area contributed by atoms with E-state index in [1.54, 1.807) is 36.4 Å². The average Bonchev–Trinajstić information content (AvgIpc) is 3.22. The molecule has 0 N–H and O–H groups in total. The van der Waals surface area contributed by atoms with Gasteiger partial charge >= 0.3 is 17.2 Å². The van der Waals surface area contributed by atoms with Crippen molar-refractivity contribution >= 4 is 28.8 Å². The minimum atomic E-state index is -2.26. The van der Waals surface area contributed by atoms with Gasteiger partial charge < -0.3 is 27.1 Å². The number of carbonyl (C=O) groups is 2. The molecule has 0 aliphatic heterocycles. The first-order valence-electron chi connectivity index (χ1n) is 21.2. The molecule has 0 saturated carbocycles. The Morgan fingerprint density at radius 1 is 0.365 bits per heavy atom. The fourth-order valence-electron chi connectivity index (χ4n) is 7.46. The maximum atomic E-state index is 15.1. The van der Waals surface area contributed by atoms with Crippen LogP contribution in [0.25, 0.3) is 0 Å². The van der Waals surface area contributed by atoms with E-state index in [-0.39, 0.29) is 61.7 Å². The standard InChI is InChI=1S/C53H56O8P2/c1-34(2)35-22-12-16-28-41(35)56-62(57-42-29-17-13-25-38(42)51(3,4)5)60-45-32-20-23-36-47(45)50(55)48-37(49(36)54)24-21-33-46(48)61-63(58-43-30-18-14-26-39(43)52(6,7)8)59-44-31-19-15-27-40(44)53(9,10)11/h12-34H,1-11H3. The molecule has 0 spiro atoms. The lowest BCUT2D eigenvalue weighted by atomic mass is 9.83. The van der Waals surface area contributed by atoms with Crippen LogP contribution in [0.5, 0.6) is 34.5 Å². The minimum absolute atomic E-state index is 0.0772. The van der Waals surface area contributed by atoms with Gasteiger partial charge in [-0.1, -0.05) is 173 Å². The van der Waals surface area contributed by atoms with Gasteiger partial charge in [0, 0.05) is 27.8 Å². The van der Waals surface area contributed by atoms with Crippen molar-refractivity contribution in [3.63, 3.8) is 0 Å². The van der Waals surface area contributed by atoms with Crippen LogP contribution in [-0.4, -0.2) is 11.6 Å². The van der Waals surface area contributed by atoms with Crippen LogP contribution in [0.15, 0.2) is 133 Å². The van der Waals surface area contributed by atoms with E-state index in [2.05, 4.69) is 76.2 Å². The molecule has 8 nitrogen and oxygen atoms in total. The Morgan fingerprint density at radius 2 is 0.667 bits per heavy atom. The summed E-state index contributed by atoms with van der Waals surface area (Å²) in [7, 11) is -4.51. The summed E-state index contributed by atoms with van der Waals surface area (Å²) in [6, 6.07) is 41.0. The van der Waals surface area contributed by atoms with E-state index in [0.717, 1.165) is 22.3 Å². The molecular formula is C53H56O8P2. The highest BCUT2D eigenvalue weighted by Gasteiger charge is 2.38. The van der Waals surface area contributed by atoms with Gasteiger partial charge in [0.15, 0.2) is 5.78 Å². The fraction of sp³-hybridized carbons (Fsp3) is 0.283. The van der Waals surface area contributed by atoms with Crippen LogP contribution in [0.1, 0.15) is 136 Å². The molecule has 1 aliphatic rings. The fourth-order valence-corrected chi connectivity index (χ4v) is 9.60. The van der Waals surface area contributed by atoms with Crippen molar-refractivity contribution in [3.8, 4) is 34.5 Å². The van der Waals surface area contributed by atoms with Crippen molar-refractivity contribution < 1.29 is 36.7 Å². The lowest BCUT2D eigenvalue weighted by Gasteiger charge is -2.28. The molecule has 1 aliphatic carbocycles. The SMILES string of the molecule is CC(C)c1ccccc1OP(Oc1ccccc1C(C)(C)C)Oc1cccc2c1C(=O)c1c(OP(Oc3ccccc3C(C)(C)C)Oc3ccccc3C(C)(C)C)cccc1C2=O. The van der Waals surface area contributed by atoms with Crippen molar-refractivity contribution in [2.24, 2.45) is 0 Å². The molecule has 326 valence electrons. The highest BCUT2D eigenvalue weighted by atomic mass is 31.2. The Hall–Kier alpha value is -5.68. The Bertz CT molecular complexity index is 2570. The Kier molecular flexibility index (Phi) is 13.1. The number of fused-ring (bicyclic) bond motifs is 2. The first kappa shape index (κ1) is 45.3. The lowest BCUT2D eigenvalue weighted by molar-refractivity contribution is 0.0975. The molecule has 10 heteroatoms. The molecule has 6 aromatic rings. The van der Waals surface area contributed by atoms with Crippen molar-refractivity contribution in [1.82, 2.24) is 0 Å². The zero-order valence-electron chi connectivity index (χ0n) is 37.9. The van der Waals surface area contributed by atoms with Crippen LogP contribution >= 0.6 is 17.2 Å². The predicted molar refractivity (Wildman–Crippen MR) is 253 cm³/mol. The normalized spacial score (nSPS) is 13.3. The second-order valence-electron chi connectivity index (χ2n) is 18.9. The number of rotatable bonds is 13. The van der Waals surface area contributed by atoms with Gasteiger partial charge in [0.1, 0.15) is 34.5 Å². The predicted octanol–water partition coefficient (Wildman–Crippen LogP) is 15.0. The molecule has 0 radical (unpaired) electrons. The van der Waals surface area contributed by atoms with E-state index < -0.39 is 23.0 Å². The number of hydrogen-bond donors (Lipinski definition) is 0. The molecule has 0 bridgehead atoms. The van der Waals surface area contributed by atoms with Gasteiger partial charge in [0.2, 0.25) is 5.78 Å². The number of carbonyl (C=O) groups excluding carboxylic acids is 2. The maximum Gasteiger partial charge on any atom is 0.530 e. The van der Waals surface area contributed by atoms with Gasteiger partial charge in [-0.3, -0.25) is 9.59 Å². The Morgan fingerprint density at radius 3 is 1.03 bits per heavy atom. The average molecular weight is 883 g/mol. The topological polar surface area (TPSA) is 89.5 Å². The summed E-state index contributed by atoms with van der Waals surface area (Å²) in [6.07, 6.45) is 0. The summed E-state index contributed by atoms with van der Waals surface area (Å²) >= 11 is 0. The van der Waals surface area contributed by atoms with Crippen molar-refractivity contribution in [3.05, 3.63) is 178 Å². The molecule has 63 heavy (non-hydrogen) atoms. The van der Waals surface area contributed by atoms with E-state index in [4.69, 9.17) is 27.1 Å². The smallest absolute Gasteiger partial charge is 0.408 e. The van der Waals surface area contributed by atoms with Gasteiger partial charge in [-0.2, -0.15) is 0 Å². The second-order valence-corrected chi connectivity index (χ2v) is 20.9. The summed E-state index contributed by atoms with van der Waals surface area (Å²) in [5.74, 6) is 1.94. The van der Waals surface area contributed by atoms with Crippen LogP contribution in [-0.2, 0) is 16.2 Å². The highest BCUT2D eigenvalue weighted by molar-refractivity contribution is 7.43. The van der Waals surface area contributed by atoms with E-state index >= 15 is 4.79 Å². The number of benzene rings is 6.